The Morgan fingerprint density at radius 1 is 1.47 bits per heavy atom. The molecule has 1 atom stereocenters. The van der Waals surface area contributed by atoms with Crippen LogP contribution >= 0.6 is 0 Å². The Bertz CT molecular complexity index is 524. The molecular formula is C12H22N4O2S. The SMILES string of the molecule is CCn1cc(S(=O)(=O)N2CCCC(N(C)C)C2)cn1. The summed E-state index contributed by atoms with van der Waals surface area (Å²) in [6, 6.07) is 0.296. The number of piperidine rings is 1. The first-order valence-electron chi connectivity index (χ1n) is 6.64. The van der Waals surface area contributed by atoms with Crippen LogP contribution in [-0.2, 0) is 16.6 Å². The third-order valence-corrected chi connectivity index (χ3v) is 5.48. The average molecular weight is 286 g/mol. The smallest absolute Gasteiger partial charge is 0.246 e. The highest BCUT2D eigenvalue weighted by atomic mass is 32.2. The first kappa shape index (κ1) is 14.5. The van der Waals surface area contributed by atoms with E-state index in [0.717, 1.165) is 12.8 Å². The maximum absolute atomic E-state index is 12.5. The molecule has 2 heterocycles. The lowest BCUT2D eigenvalue weighted by atomic mass is 10.1. The van der Waals surface area contributed by atoms with Gasteiger partial charge in [0.15, 0.2) is 0 Å². The highest BCUT2D eigenvalue weighted by molar-refractivity contribution is 7.89. The first-order valence-corrected chi connectivity index (χ1v) is 8.08. The number of hydrogen-bond acceptors (Lipinski definition) is 4. The van der Waals surface area contributed by atoms with E-state index >= 15 is 0 Å². The van der Waals surface area contributed by atoms with Gasteiger partial charge in [0.05, 0.1) is 6.20 Å². The molecule has 1 fully saturated rings. The molecule has 19 heavy (non-hydrogen) atoms. The van der Waals surface area contributed by atoms with E-state index in [1.807, 2.05) is 21.0 Å². The van der Waals surface area contributed by atoms with E-state index in [-0.39, 0.29) is 0 Å². The van der Waals surface area contributed by atoms with Crippen molar-refractivity contribution in [2.24, 2.45) is 0 Å². The summed E-state index contributed by atoms with van der Waals surface area (Å²) in [6.07, 6.45) is 5.00. The van der Waals surface area contributed by atoms with Crippen molar-refractivity contribution in [3.63, 3.8) is 0 Å². The van der Waals surface area contributed by atoms with Gasteiger partial charge in [-0.2, -0.15) is 9.40 Å². The van der Waals surface area contributed by atoms with Crippen LogP contribution in [0.4, 0.5) is 0 Å². The zero-order valence-electron chi connectivity index (χ0n) is 11.8. The molecule has 1 aromatic rings. The maximum Gasteiger partial charge on any atom is 0.246 e. The van der Waals surface area contributed by atoms with E-state index in [2.05, 4.69) is 10.00 Å². The third kappa shape index (κ3) is 2.98. The predicted octanol–water partition coefficient (Wildman–Crippen LogP) is 0.618. The fraction of sp³-hybridized carbons (Fsp3) is 0.750. The van der Waals surface area contributed by atoms with Crippen LogP contribution in [0.5, 0.6) is 0 Å². The molecule has 0 spiro atoms. The molecule has 0 N–H and O–H groups in total. The van der Waals surface area contributed by atoms with Crippen LogP contribution in [0.2, 0.25) is 0 Å². The normalized spacial score (nSPS) is 22.0. The molecule has 1 aliphatic heterocycles. The lowest BCUT2D eigenvalue weighted by Gasteiger charge is -2.35. The fourth-order valence-electron chi connectivity index (χ4n) is 2.36. The van der Waals surface area contributed by atoms with Crippen LogP contribution in [-0.4, -0.2) is 60.6 Å². The lowest BCUT2D eigenvalue weighted by Crippen LogP contribution is -2.47. The van der Waals surface area contributed by atoms with Gasteiger partial charge in [0, 0.05) is 31.9 Å². The van der Waals surface area contributed by atoms with Gasteiger partial charge < -0.3 is 4.90 Å². The molecule has 1 unspecified atom stereocenters. The van der Waals surface area contributed by atoms with Gasteiger partial charge in [0.1, 0.15) is 4.90 Å². The summed E-state index contributed by atoms with van der Waals surface area (Å²) in [6.45, 7) is 3.78. The van der Waals surface area contributed by atoms with Crippen molar-refractivity contribution in [1.82, 2.24) is 19.0 Å². The summed E-state index contributed by atoms with van der Waals surface area (Å²) in [5, 5.41) is 4.05. The number of aryl methyl sites for hydroxylation is 1. The van der Waals surface area contributed by atoms with Crippen LogP contribution in [0.15, 0.2) is 17.3 Å². The summed E-state index contributed by atoms with van der Waals surface area (Å²) < 4.78 is 28.3. The summed E-state index contributed by atoms with van der Waals surface area (Å²) >= 11 is 0. The van der Waals surface area contributed by atoms with Crippen LogP contribution < -0.4 is 0 Å². The van der Waals surface area contributed by atoms with E-state index < -0.39 is 10.0 Å². The highest BCUT2D eigenvalue weighted by Crippen LogP contribution is 2.21. The van der Waals surface area contributed by atoms with Crippen molar-refractivity contribution in [3.8, 4) is 0 Å². The first-order chi connectivity index (χ1) is 8.95. The van der Waals surface area contributed by atoms with Gasteiger partial charge in [0.2, 0.25) is 10.0 Å². The molecule has 1 saturated heterocycles. The number of sulfonamides is 1. The van der Waals surface area contributed by atoms with Gasteiger partial charge in [-0.15, -0.1) is 0 Å². The van der Waals surface area contributed by atoms with Gasteiger partial charge in [-0.3, -0.25) is 4.68 Å². The van der Waals surface area contributed by atoms with E-state index in [1.165, 1.54) is 6.20 Å². The summed E-state index contributed by atoms with van der Waals surface area (Å²) in [5.74, 6) is 0. The molecule has 1 aromatic heterocycles. The minimum atomic E-state index is -3.39. The number of hydrogen-bond donors (Lipinski definition) is 0. The van der Waals surface area contributed by atoms with Crippen LogP contribution in [0.1, 0.15) is 19.8 Å². The standard InChI is InChI=1S/C12H22N4O2S/c1-4-15-10-12(8-13-15)19(17,18)16-7-5-6-11(9-16)14(2)3/h8,10-11H,4-7,9H2,1-3H3. The molecule has 0 aliphatic carbocycles. The van der Waals surface area contributed by atoms with Gasteiger partial charge in [0.25, 0.3) is 0 Å². The highest BCUT2D eigenvalue weighted by Gasteiger charge is 2.31. The van der Waals surface area contributed by atoms with Gasteiger partial charge >= 0.3 is 0 Å². The van der Waals surface area contributed by atoms with Crippen LogP contribution in [0.3, 0.4) is 0 Å². The molecule has 0 amide bonds. The Morgan fingerprint density at radius 3 is 2.79 bits per heavy atom. The molecule has 6 nitrogen and oxygen atoms in total. The molecule has 2 rings (SSSR count). The number of likely N-dealkylation sites (N-methyl/N-ethyl adjacent to an activating group) is 1. The van der Waals surface area contributed by atoms with E-state index in [9.17, 15) is 8.42 Å². The minimum Gasteiger partial charge on any atom is -0.305 e. The molecule has 0 radical (unpaired) electrons. The third-order valence-electron chi connectivity index (χ3n) is 3.66. The van der Waals surface area contributed by atoms with Crippen molar-refractivity contribution in [2.75, 3.05) is 27.2 Å². The second-order valence-corrected chi connectivity index (χ2v) is 7.09. The van der Waals surface area contributed by atoms with Crippen molar-refractivity contribution in [1.29, 1.82) is 0 Å². The maximum atomic E-state index is 12.5. The number of aromatic nitrogens is 2. The van der Waals surface area contributed by atoms with E-state index in [1.54, 1.807) is 15.2 Å². The Balaban J connectivity index is 2.19. The minimum absolute atomic E-state index is 0.296. The van der Waals surface area contributed by atoms with Crippen LogP contribution in [0.25, 0.3) is 0 Å². The topological polar surface area (TPSA) is 58.4 Å². The second-order valence-electron chi connectivity index (χ2n) is 5.15. The zero-order valence-corrected chi connectivity index (χ0v) is 12.6. The lowest BCUT2D eigenvalue weighted by molar-refractivity contribution is 0.190. The van der Waals surface area contributed by atoms with Gasteiger partial charge in [-0.05, 0) is 33.9 Å². The summed E-state index contributed by atoms with van der Waals surface area (Å²) in [5.41, 5.74) is 0. The van der Waals surface area contributed by atoms with Crippen LogP contribution in [0, 0.1) is 0 Å². The number of nitrogens with zero attached hydrogens (tertiary/aromatic N) is 4. The largest absolute Gasteiger partial charge is 0.305 e. The molecule has 108 valence electrons. The molecular weight excluding hydrogens is 264 g/mol. The van der Waals surface area contributed by atoms with Crippen molar-refractivity contribution < 1.29 is 8.42 Å². The molecule has 7 heteroatoms. The molecule has 1 aliphatic rings. The van der Waals surface area contributed by atoms with Gasteiger partial charge in [-0.1, -0.05) is 0 Å². The quantitative estimate of drug-likeness (QED) is 0.814. The summed E-state index contributed by atoms with van der Waals surface area (Å²) in [7, 11) is 0.597. The zero-order chi connectivity index (χ0) is 14.0. The van der Waals surface area contributed by atoms with Gasteiger partial charge in [-0.25, -0.2) is 8.42 Å². The second kappa shape index (κ2) is 5.60. The Morgan fingerprint density at radius 2 is 2.21 bits per heavy atom. The molecule has 0 bridgehead atoms. The Labute approximate surface area is 115 Å². The van der Waals surface area contributed by atoms with Crippen molar-refractivity contribution in [3.05, 3.63) is 12.4 Å². The number of rotatable bonds is 4. The van der Waals surface area contributed by atoms with Crippen molar-refractivity contribution >= 4 is 10.0 Å². The monoisotopic (exact) mass is 286 g/mol. The predicted molar refractivity (Wildman–Crippen MR) is 73.4 cm³/mol. The summed E-state index contributed by atoms with van der Waals surface area (Å²) in [4.78, 5) is 2.39. The Hall–Kier alpha value is -0.920. The van der Waals surface area contributed by atoms with E-state index in [0.29, 0.717) is 30.6 Å². The fourth-order valence-corrected chi connectivity index (χ4v) is 3.83. The Kier molecular flexibility index (Phi) is 4.27. The van der Waals surface area contributed by atoms with Crippen molar-refractivity contribution in [2.45, 2.75) is 37.2 Å². The molecule has 0 saturated carbocycles. The average Bonchev–Trinajstić information content (AvgIpc) is 2.88. The van der Waals surface area contributed by atoms with E-state index in [4.69, 9.17) is 0 Å². The molecule has 0 aromatic carbocycles.